The number of furan rings is 1. The van der Waals surface area contributed by atoms with Crippen LogP contribution in [0.15, 0.2) is 41.0 Å². The van der Waals surface area contributed by atoms with Crippen LogP contribution in [-0.4, -0.2) is 32.6 Å². The maximum absolute atomic E-state index is 12.5. The lowest BCUT2D eigenvalue weighted by atomic mass is 10.0. The Morgan fingerprint density at radius 3 is 2.59 bits per heavy atom. The van der Waals surface area contributed by atoms with Crippen LogP contribution in [0.1, 0.15) is 33.5 Å². The van der Waals surface area contributed by atoms with Crippen molar-refractivity contribution in [3.63, 3.8) is 0 Å². The van der Waals surface area contributed by atoms with Crippen LogP contribution in [-0.2, 0) is 28.8 Å². The van der Waals surface area contributed by atoms with Gasteiger partial charge in [-0.2, -0.15) is 0 Å². The second-order valence-electron chi connectivity index (χ2n) is 7.06. The van der Waals surface area contributed by atoms with E-state index < -0.39 is 5.97 Å². The molecule has 2 aromatic carbocycles. The molecule has 150 valence electrons. The Kier molecular flexibility index (Phi) is 5.25. The first kappa shape index (κ1) is 19.1. The summed E-state index contributed by atoms with van der Waals surface area (Å²) >= 11 is 0. The van der Waals surface area contributed by atoms with Crippen LogP contribution < -0.4 is 9.47 Å². The molecule has 1 aliphatic carbocycles. The van der Waals surface area contributed by atoms with E-state index in [0.717, 1.165) is 35.8 Å². The first-order valence-corrected chi connectivity index (χ1v) is 9.51. The molecular formula is C23H22O6. The van der Waals surface area contributed by atoms with Gasteiger partial charge in [0.25, 0.3) is 0 Å². The molecule has 1 aliphatic rings. The molecule has 0 aliphatic heterocycles. The zero-order chi connectivity index (χ0) is 20.4. The fraction of sp³-hybridized carbons (Fsp3) is 0.304. The number of hydrogen-bond donors (Lipinski definition) is 0. The third-order valence-electron chi connectivity index (χ3n) is 5.28. The highest BCUT2D eigenvalue weighted by Gasteiger charge is 2.19. The highest BCUT2D eigenvalue weighted by atomic mass is 16.5. The third kappa shape index (κ3) is 3.83. The summed E-state index contributed by atoms with van der Waals surface area (Å²) in [6.07, 6.45) is 4.92. The molecule has 0 fully saturated rings. The molecule has 6 heteroatoms. The zero-order valence-electron chi connectivity index (χ0n) is 16.4. The smallest absolute Gasteiger partial charge is 0.310 e. The largest absolute Gasteiger partial charge is 0.497 e. The standard InChI is InChI=1S/C23H22O6/c1-26-17-6-7-18(21(11-17)27-2)20(24)13-29-23(25)10-16-12-28-22-9-15-5-3-4-14(15)8-19(16)22/h6-9,11-12H,3-5,10,13H2,1-2H3. The molecule has 0 spiro atoms. The minimum absolute atomic E-state index is 0.0544. The monoisotopic (exact) mass is 394 g/mol. The van der Waals surface area contributed by atoms with Crippen molar-refractivity contribution in [1.29, 1.82) is 0 Å². The van der Waals surface area contributed by atoms with E-state index in [4.69, 9.17) is 18.6 Å². The Hall–Kier alpha value is -3.28. The van der Waals surface area contributed by atoms with Gasteiger partial charge in [0.05, 0.1) is 32.5 Å². The molecule has 3 aromatic rings. The molecule has 6 nitrogen and oxygen atoms in total. The molecule has 0 bridgehead atoms. The predicted molar refractivity (Wildman–Crippen MR) is 107 cm³/mol. The van der Waals surface area contributed by atoms with Gasteiger partial charge < -0.3 is 18.6 Å². The number of fused-ring (bicyclic) bond motifs is 2. The van der Waals surface area contributed by atoms with Gasteiger partial charge in [-0.3, -0.25) is 9.59 Å². The summed E-state index contributed by atoms with van der Waals surface area (Å²) in [5.74, 6) is 0.135. The van der Waals surface area contributed by atoms with Gasteiger partial charge in [0.2, 0.25) is 5.78 Å². The molecule has 0 saturated heterocycles. The van der Waals surface area contributed by atoms with Crippen LogP contribution in [0.25, 0.3) is 11.0 Å². The molecule has 0 N–H and O–H groups in total. The Bertz CT molecular complexity index is 1080. The number of aryl methyl sites for hydroxylation is 2. The number of carbonyl (C=O) groups is 2. The molecule has 4 rings (SSSR count). The van der Waals surface area contributed by atoms with Crippen LogP contribution in [0.3, 0.4) is 0 Å². The molecule has 1 heterocycles. The van der Waals surface area contributed by atoms with Gasteiger partial charge in [0, 0.05) is 17.0 Å². The minimum atomic E-state index is -0.478. The fourth-order valence-electron chi connectivity index (χ4n) is 3.74. The lowest BCUT2D eigenvalue weighted by molar-refractivity contribution is -0.141. The van der Waals surface area contributed by atoms with Crippen molar-refractivity contribution in [2.75, 3.05) is 20.8 Å². The van der Waals surface area contributed by atoms with Crippen LogP contribution in [0, 0.1) is 0 Å². The summed E-state index contributed by atoms with van der Waals surface area (Å²) in [5, 5.41) is 0.936. The molecule has 0 atom stereocenters. The number of Topliss-reactive ketones (excluding diaryl/α,β-unsaturated/α-hetero) is 1. The number of methoxy groups -OCH3 is 2. The number of carbonyl (C=O) groups excluding carboxylic acids is 2. The first-order chi connectivity index (χ1) is 14.1. The van der Waals surface area contributed by atoms with Gasteiger partial charge in [-0.15, -0.1) is 0 Å². The molecule has 0 radical (unpaired) electrons. The number of hydrogen-bond acceptors (Lipinski definition) is 6. The Morgan fingerprint density at radius 2 is 1.83 bits per heavy atom. The molecule has 29 heavy (non-hydrogen) atoms. The minimum Gasteiger partial charge on any atom is -0.497 e. The molecule has 0 saturated carbocycles. The van der Waals surface area contributed by atoms with E-state index in [-0.39, 0.29) is 18.8 Å². The van der Waals surface area contributed by atoms with Crippen LogP contribution in [0.4, 0.5) is 0 Å². The second-order valence-corrected chi connectivity index (χ2v) is 7.06. The third-order valence-corrected chi connectivity index (χ3v) is 5.28. The van der Waals surface area contributed by atoms with Crippen molar-refractivity contribution >= 4 is 22.7 Å². The highest BCUT2D eigenvalue weighted by Crippen LogP contribution is 2.30. The fourth-order valence-corrected chi connectivity index (χ4v) is 3.74. The summed E-state index contributed by atoms with van der Waals surface area (Å²) in [4.78, 5) is 24.8. The number of esters is 1. The second kappa shape index (κ2) is 7.99. The van der Waals surface area contributed by atoms with Crippen LogP contribution in [0.2, 0.25) is 0 Å². The van der Waals surface area contributed by atoms with E-state index in [1.165, 1.54) is 25.3 Å². The summed E-state index contributed by atoms with van der Waals surface area (Å²) in [5.41, 5.74) is 4.53. The van der Waals surface area contributed by atoms with Gasteiger partial charge in [0.1, 0.15) is 17.1 Å². The van der Waals surface area contributed by atoms with Gasteiger partial charge in [0.15, 0.2) is 6.61 Å². The van der Waals surface area contributed by atoms with Crippen molar-refractivity contribution in [1.82, 2.24) is 0 Å². The topological polar surface area (TPSA) is 75.0 Å². The van der Waals surface area contributed by atoms with E-state index in [2.05, 4.69) is 12.1 Å². The first-order valence-electron chi connectivity index (χ1n) is 9.51. The summed E-state index contributed by atoms with van der Waals surface area (Å²) in [6.45, 7) is -0.354. The predicted octanol–water partition coefficient (Wildman–Crippen LogP) is 3.91. The Labute approximate surface area is 168 Å². The molecule has 0 unspecified atom stereocenters. The zero-order valence-corrected chi connectivity index (χ0v) is 16.4. The van der Waals surface area contributed by atoms with E-state index in [9.17, 15) is 9.59 Å². The number of ether oxygens (including phenoxy) is 3. The normalized spacial score (nSPS) is 12.6. The summed E-state index contributed by atoms with van der Waals surface area (Å²) in [7, 11) is 3.00. The summed E-state index contributed by atoms with van der Waals surface area (Å²) < 4.78 is 21.2. The molecule has 0 amide bonds. The van der Waals surface area contributed by atoms with Crippen molar-refractivity contribution in [2.24, 2.45) is 0 Å². The van der Waals surface area contributed by atoms with Gasteiger partial charge in [-0.25, -0.2) is 0 Å². The average molecular weight is 394 g/mol. The number of ketones is 1. The maximum atomic E-state index is 12.5. The van der Waals surface area contributed by atoms with Crippen molar-refractivity contribution in [2.45, 2.75) is 25.7 Å². The Morgan fingerprint density at radius 1 is 1.03 bits per heavy atom. The number of rotatable bonds is 7. The average Bonchev–Trinajstić information content (AvgIpc) is 3.36. The van der Waals surface area contributed by atoms with E-state index in [0.29, 0.717) is 17.1 Å². The van der Waals surface area contributed by atoms with Gasteiger partial charge >= 0.3 is 5.97 Å². The quantitative estimate of drug-likeness (QED) is 0.447. The van der Waals surface area contributed by atoms with E-state index in [1.807, 2.05) is 0 Å². The van der Waals surface area contributed by atoms with Gasteiger partial charge in [-0.1, -0.05) is 0 Å². The van der Waals surface area contributed by atoms with Crippen molar-refractivity contribution in [3.05, 3.63) is 58.8 Å². The molecule has 1 aromatic heterocycles. The van der Waals surface area contributed by atoms with E-state index >= 15 is 0 Å². The van der Waals surface area contributed by atoms with Crippen LogP contribution in [0.5, 0.6) is 11.5 Å². The van der Waals surface area contributed by atoms with E-state index in [1.54, 1.807) is 24.5 Å². The van der Waals surface area contributed by atoms with Gasteiger partial charge in [-0.05, 0) is 54.7 Å². The lowest BCUT2D eigenvalue weighted by Crippen LogP contribution is -2.16. The van der Waals surface area contributed by atoms with Crippen molar-refractivity contribution < 1.29 is 28.2 Å². The maximum Gasteiger partial charge on any atom is 0.310 e. The van der Waals surface area contributed by atoms with Crippen molar-refractivity contribution in [3.8, 4) is 11.5 Å². The summed E-state index contributed by atoms with van der Waals surface area (Å²) in [6, 6.07) is 9.04. The van der Waals surface area contributed by atoms with Crippen LogP contribution >= 0.6 is 0 Å². The Balaban J connectivity index is 1.42. The highest BCUT2D eigenvalue weighted by molar-refractivity contribution is 6.00. The number of benzene rings is 2. The SMILES string of the molecule is COc1ccc(C(=O)COC(=O)Cc2coc3cc4c(cc23)CCC4)c(OC)c1. The molecular weight excluding hydrogens is 372 g/mol. The lowest BCUT2D eigenvalue weighted by Gasteiger charge is -2.10.